The van der Waals surface area contributed by atoms with Crippen LogP contribution in [-0.4, -0.2) is 17.2 Å². The third-order valence-corrected chi connectivity index (χ3v) is 3.75. The first-order valence-electron chi connectivity index (χ1n) is 6.27. The van der Waals surface area contributed by atoms with Crippen molar-refractivity contribution in [3.63, 3.8) is 0 Å². The Bertz CT molecular complexity index is 523. The molecule has 1 aromatic heterocycles. The van der Waals surface area contributed by atoms with Gasteiger partial charge in [0, 0.05) is 36.7 Å². The molecule has 3 rings (SSSR count). The summed E-state index contributed by atoms with van der Waals surface area (Å²) in [6.07, 6.45) is 4.50. The zero-order valence-electron chi connectivity index (χ0n) is 10.2. The van der Waals surface area contributed by atoms with Crippen molar-refractivity contribution >= 4 is 16.6 Å². The number of aromatic nitrogens is 1. The van der Waals surface area contributed by atoms with Crippen LogP contribution < -0.4 is 11.1 Å². The lowest BCUT2D eigenvalue weighted by Crippen LogP contribution is -2.39. The first kappa shape index (κ1) is 10.7. The molecule has 1 aromatic carbocycles. The summed E-state index contributed by atoms with van der Waals surface area (Å²) in [5.74, 6) is 0.754. The molecule has 0 spiro atoms. The molecule has 1 aliphatic carbocycles. The maximum atomic E-state index is 5.80. The Morgan fingerprint density at radius 1 is 1.35 bits per heavy atom. The van der Waals surface area contributed by atoms with E-state index in [0.29, 0.717) is 6.04 Å². The zero-order valence-corrected chi connectivity index (χ0v) is 10.2. The topological polar surface area (TPSA) is 43.0 Å². The van der Waals surface area contributed by atoms with Gasteiger partial charge in [0.2, 0.25) is 0 Å². The minimum Gasteiger partial charge on any atom is -0.383 e. The summed E-state index contributed by atoms with van der Waals surface area (Å²) in [6.45, 7) is 1.04. The highest BCUT2D eigenvalue weighted by Crippen LogP contribution is 2.28. The van der Waals surface area contributed by atoms with Gasteiger partial charge in [0.1, 0.15) is 0 Å². The number of para-hydroxylation sites is 1. The van der Waals surface area contributed by atoms with Crippen molar-refractivity contribution in [1.82, 2.24) is 4.57 Å². The second-order valence-electron chi connectivity index (χ2n) is 5.15. The van der Waals surface area contributed by atoms with Crippen molar-refractivity contribution in [1.29, 1.82) is 0 Å². The quantitative estimate of drug-likeness (QED) is 0.848. The highest BCUT2D eigenvalue weighted by molar-refractivity contribution is 5.92. The van der Waals surface area contributed by atoms with Crippen molar-refractivity contribution in [2.45, 2.75) is 18.9 Å². The molecular weight excluding hydrogens is 210 g/mol. The predicted octanol–water partition coefficient (Wildman–Crippen LogP) is 2.33. The molecule has 0 unspecified atom stereocenters. The van der Waals surface area contributed by atoms with Crippen LogP contribution in [0.2, 0.25) is 0 Å². The largest absolute Gasteiger partial charge is 0.383 e. The van der Waals surface area contributed by atoms with E-state index in [2.05, 4.69) is 47.4 Å². The van der Waals surface area contributed by atoms with E-state index in [1.54, 1.807) is 0 Å². The molecule has 3 N–H and O–H groups in total. The van der Waals surface area contributed by atoms with Gasteiger partial charge < -0.3 is 15.6 Å². The van der Waals surface area contributed by atoms with Crippen LogP contribution in [0.25, 0.3) is 10.9 Å². The summed E-state index contributed by atoms with van der Waals surface area (Å²) < 4.78 is 2.17. The average Bonchev–Trinajstić information content (AvgIpc) is 2.61. The van der Waals surface area contributed by atoms with Gasteiger partial charge in [0.25, 0.3) is 0 Å². The maximum Gasteiger partial charge on any atom is 0.0600 e. The van der Waals surface area contributed by atoms with E-state index in [4.69, 9.17) is 5.73 Å². The molecule has 1 saturated carbocycles. The Kier molecular flexibility index (Phi) is 2.56. The van der Waals surface area contributed by atoms with Crippen LogP contribution in [0.4, 0.5) is 5.69 Å². The second-order valence-corrected chi connectivity index (χ2v) is 5.15. The van der Waals surface area contributed by atoms with Crippen LogP contribution in [0, 0.1) is 5.92 Å². The number of anilines is 1. The fourth-order valence-electron chi connectivity index (χ4n) is 2.69. The molecule has 0 bridgehead atoms. The summed E-state index contributed by atoms with van der Waals surface area (Å²) in [4.78, 5) is 0. The van der Waals surface area contributed by atoms with Gasteiger partial charge in [-0.2, -0.15) is 0 Å². The highest BCUT2D eigenvalue weighted by Gasteiger charge is 2.25. The number of nitrogens with two attached hydrogens (primary N) is 1. The molecule has 0 amide bonds. The van der Waals surface area contributed by atoms with E-state index in [1.165, 1.54) is 16.6 Å². The Hall–Kier alpha value is -1.48. The summed E-state index contributed by atoms with van der Waals surface area (Å²) in [6, 6.07) is 8.93. The Balaban J connectivity index is 1.76. The maximum absolute atomic E-state index is 5.80. The molecule has 1 fully saturated rings. The minimum atomic E-state index is 0.439. The van der Waals surface area contributed by atoms with Crippen molar-refractivity contribution in [3.8, 4) is 0 Å². The fourth-order valence-corrected chi connectivity index (χ4v) is 2.69. The molecule has 90 valence electrons. The number of nitrogens with one attached hydrogen (secondary N) is 1. The van der Waals surface area contributed by atoms with E-state index < -0.39 is 0 Å². The number of aryl methyl sites for hydroxylation is 1. The molecule has 2 aromatic rings. The first-order chi connectivity index (χ1) is 8.24. The van der Waals surface area contributed by atoms with Crippen LogP contribution in [0.1, 0.15) is 12.8 Å². The van der Waals surface area contributed by atoms with E-state index in [-0.39, 0.29) is 0 Å². The lowest BCUT2D eigenvalue weighted by molar-refractivity contribution is 0.280. The molecule has 0 radical (unpaired) electrons. The van der Waals surface area contributed by atoms with Gasteiger partial charge >= 0.3 is 0 Å². The summed E-state index contributed by atoms with van der Waals surface area (Å²) >= 11 is 0. The molecule has 17 heavy (non-hydrogen) atoms. The number of fused-ring (bicyclic) bond motifs is 1. The van der Waals surface area contributed by atoms with Crippen LogP contribution in [0.15, 0.2) is 30.5 Å². The molecule has 1 aliphatic rings. The molecule has 0 atom stereocenters. The van der Waals surface area contributed by atoms with Crippen molar-refractivity contribution in [3.05, 3.63) is 30.5 Å². The molecular formula is C14H19N3. The van der Waals surface area contributed by atoms with Crippen molar-refractivity contribution in [2.75, 3.05) is 11.9 Å². The summed E-state index contributed by atoms with van der Waals surface area (Å²) in [5.41, 5.74) is 8.32. The van der Waals surface area contributed by atoms with Gasteiger partial charge in [-0.25, -0.2) is 0 Å². The first-order valence-corrected chi connectivity index (χ1v) is 6.27. The molecule has 0 saturated heterocycles. The van der Waals surface area contributed by atoms with Gasteiger partial charge in [-0.3, -0.25) is 0 Å². The van der Waals surface area contributed by atoms with Crippen molar-refractivity contribution in [2.24, 2.45) is 18.7 Å². The smallest absolute Gasteiger partial charge is 0.0600 e. The average molecular weight is 229 g/mol. The Morgan fingerprint density at radius 2 is 2.12 bits per heavy atom. The molecule has 0 aliphatic heterocycles. The number of nitrogens with zero attached hydrogens (tertiary/aromatic N) is 1. The van der Waals surface area contributed by atoms with Crippen LogP contribution in [-0.2, 0) is 7.05 Å². The lowest BCUT2D eigenvalue weighted by Gasteiger charge is -2.32. The molecule has 1 heterocycles. The Labute approximate surface area is 102 Å². The van der Waals surface area contributed by atoms with E-state index in [9.17, 15) is 0 Å². The van der Waals surface area contributed by atoms with Crippen LogP contribution >= 0.6 is 0 Å². The third kappa shape index (κ3) is 1.91. The van der Waals surface area contributed by atoms with Crippen LogP contribution in [0.3, 0.4) is 0 Å². The monoisotopic (exact) mass is 229 g/mol. The number of benzene rings is 1. The van der Waals surface area contributed by atoms with Gasteiger partial charge in [-0.15, -0.1) is 0 Å². The fraction of sp³-hybridized carbons (Fsp3) is 0.429. The van der Waals surface area contributed by atoms with Crippen LogP contribution in [0.5, 0.6) is 0 Å². The SMILES string of the molecule is Cn1cc(NCC2CC(N)C2)c2ccccc21. The van der Waals surface area contributed by atoms with E-state index in [1.807, 2.05) is 0 Å². The minimum absolute atomic E-state index is 0.439. The second kappa shape index (κ2) is 4.08. The van der Waals surface area contributed by atoms with Crippen molar-refractivity contribution < 1.29 is 0 Å². The summed E-state index contributed by atoms with van der Waals surface area (Å²) in [7, 11) is 2.09. The number of rotatable bonds is 3. The number of hydrogen-bond acceptors (Lipinski definition) is 2. The van der Waals surface area contributed by atoms with Gasteiger partial charge in [-0.05, 0) is 24.8 Å². The van der Waals surface area contributed by atoms with Gasteiger partial charge in [0.15, 0.2) is 0 Å². The van der Waals surface area contributed by atoms with Gasteiger partial charge in [0.05, 0.1) is 5.69 Å². The lowest BCUT2D eigenvalue weighted by atomic mass is 9.81. The predicted molar refractivity (Wildman–Crippen MR) is 72.1 cm³/mol. The number of hydrogen-bond donors (Lipinski definition) is 2. The normalized spacial score (nSPS) is 23.6. The zero-order chi connectivity index (χ0) is 11.8. The standard InChI is InChI=1S/C14H19N3/c1-17-9-13(12-4-2-3-5-14(12)17)16-8-10-6-11(15)7-10/h2-5,9-11,16H,6-8,15H2,1H3. The van der Waals surface area contributed by atoms with E-state index >= 15 is 0 Å². The highest BCUT2D eigenvalue weighted by atomic mass is 15.0. The van der Waals surface area contributed by atoms with E-state index in [0.717, 1.165) is 25.3 Å². The van der Waals surface area contributed by atoms with Gasteiger partial charge in [-0.1, -0.05) is 18.2 Å². The summed E-state index contributed by atoms with van der Waals surface area (Å²) in [5, 5.41) is 4.86. The molecule has 3 heteroatoms. The third-order valence-electron chi connectivity index (χ3n) is 3.75. The molecule has 3 nitrogen and oxygen atoms in total. The Morgan fingerprint density at radius 3 is 2.88 bits per heavy atom.